The van der Waals surface area contributed by atoms with Crippen molar-refractivity contribution in [1.82, 2.24) is 5.32 Å². The van der Waals surface area contributed by atoms with E-state index in [0.29, 0.717) is 11.3 Å². The molecule has 28 heavy (non-hydrogen) atoms. The third-order valence-electron chi connectivity index (χ3n) is 4.35. The molecule has 3 aromatic carbocycles. The molecule has 0 aliphatic rings. The largest absolute Gasteiger partial charge is 0.491 e. The number of aromatic carboxylic acids is 1. The molecule has 0 unspecified atom stereocenters. The molecule has 6 heteroatoms. The summed E-state index contributed by atoms with van der Waals surface area (Å²) in [5.41, 5.74) is 1.79. The number of rotatable bonds is 7. The van der Waals surface area contributed by atoms with Crippen LogP contribution in [0.5, 0.6) is 5.75 Å². The third-order valence-corrected chi connectivity index (χ3v) is 4.35. The van der Waals surface area contributed by atoms with Gasteiger partial charge in [-0.05, 0) is 29.5 Å². The normalized spacial score (nSPS) is 10.5. The van der Waals surface area contributed by atoms with Gasteiger partial charge in [-0.25, -0.2) is 9.59 Å². The zero-order valence-corrected chi connectivity index (χ0v) is 15.5. The molecule has 0 aliphatic carbocycles. The van der Waals surface area contributed by atoms with Gasteiger partial charge in [0.05, 0.1) is 12.1 Å². The summed E-state index contributed by atoms with van der Waals surface area (Å²) < 4.78 is 10.9. The van der Waals surface area contributed by atoms with Gasteiger partial charge in [-0.15, -0.1) is 0 Å². The van der Waals surface area contributed by atoms with Crippen molar-refractivity contribution >= 4 is 22.8 Å². The third kappa shape index (κ3) is 4.59. The van der Waals surface area contributed by atoms with Gasteiger partial charge in [0.15, 0.2) is 0 Å². The number of carboxylic acids is 1. The minimum Gasteiger partial charge on any atom is -0.491 e. The minimum absolute atomic E-state index is 0.187. The summed E-state index contributed by atoms with van der Waals surface area (Å²) >= 11 is 0. The lowest BCUT2D eigenvalue weighted by atomic mass is 9.99. The van der Waals surface area contributed by atoms with Crippen molar-refractivity contribution < 1.29 is 24.2 Å². The van der Waals surface area contributed by atoms with Gasteiger partial charge >= 0.3 is 12.1 Å². The van der Waals surface area contributed by atoms with Gasteiger partial charge in [0, 0.05) is 5.39 Å². The molecule has 6 nitrogen and oxygen atoms in total. The number of alkyl carbamates (subject to hydrolysis) is 1. The van der Waals surface area contributed by atoms with E-state index in [4.69, 9.17) is 9.47 Å². The molecule has 0 bridgehead atoms. The van der Waals surface area contributed by atoms with E-state index in [1.165, 1.54) is 6.07 Å². The van der Waals surface area contributed by atoms with E-state index in [2.05, 4.69) is 5.32 Å². The fourth-order valence-corrected chi connectivity index (χ4v) is 2.92. The van der Waals surface area contributed by atoms with Crippen LogP contribution in [-0.4, -0.2) is 30.3 Å². The highest BCUT2D eigenvalue weighted by Gasteiger charge is 2.14. The van der Waals surface area contributed by atoms with Crippen LogP contribution in [-0.2, 0) is 11.3 Å². The van der Waals surface area contributed by atoms with Gasteiger partial charge < -0.3 is 19.9 Å². The Kier molecular flexibility index (Phi) is 6.11. The molecule has 0 aromatic heterocycles. The van der Waals surface area contributed by atoms with Crippen LogP contribution in [0.4, 0.5) is 4.79 Å². The van der Waals surface area contributed by atoms with Crippen LogP contribution in [0.15, 0.2) is 60.7 Å². The molecule has 0 spiro atoms. The fraction of sp³-hybridized carbons (Fsp3) is 0.182. The summed E-state index contributed by atoms with van der Waals surface area (Å²) in [5.74, 6) is -0.534. The summed E-state index contributed by atoms with van der Waals surface area (Å²) in [7, 11) is 0. The van der Waals surface area contributed by atoms with E-state index in [1.807, 2.05) is 54.6 Å². The number of benzene rings is 3. The summed E-state index contributed by atoms with van der Waals surface area (Å²) in [6, 6.07) is 18.4. The van der Waals surface area contributed by atoms with Crippen molar-refractivity contribution in [3.05, 3.63) is 77.4 Å². The summed E-state index contributed by atoms with van der Waals surface area (Å²) in [6.45, 7) is 2.39. The Bertz CT molecular complexity index is 985. The molecule has 2 N–H and O–H groups in total. The molecular weight excluding hydrogens is 358 g/mol. The van der Waals surface area contributed by atoms with Crippen LogP contribution in [0, 0.1) is 6.92 Å². The molecule has 0 saturated heterocycles. The number of hydrogen-bond acceptors (Lipinski definition) is 4. The molecule has 3 aromatic rings. The minimum atomic E-state index is -1.00. The first-order valence-electron chi connectivity index (χ1n) is 8.89. The van der Waals surface area contributed by atoms with Crippen molar-refractivity contribution in [1.29, 1.82) is 0 Å². The number of aryl methyl sites for hydroxylation is 1. The molecule has 0 saturated carbocycles. The Morgan fingerprint density at radius 2 is 1.68 bits per heavy atom. The van der Waals surface area contributed by atoms with Crippen molar-refractivity contribution in [2.24, 2.45) is 0 Å². The van der Waals surface area contributed by atoms with Crippen LogP contribution in [0.1, 0.15) is 21.5 Å². The molecule has 0 atom stereocenters. The number of amides is 1. The van der Waals surface area contributed by atoms with E-state index in [1.54, 1.807) is 6.92 Å². The number of fused-ring (bicyclic) bond motifs is 1. The second-order valence-corrected chi connectivity index (χ2v) is 6.23. The average Bonchev–Trinajstić information content (AvgIpc) is 2.71. The van der Waals surface area contributed by atoms with Gasteiger partial charge in [0.1, 0.15) is 19.0 Å². The topological polar surface area (TPSA) is 84.9 Å². The van der Waals surface area contributed by atoms with Gasteiger partial charge in [0.2, 0.25) is 0 Å². The van der Waals surface area contributed by atoms with Crippen molar-refractivity contribution in [2.45, 2.75) is 13.5 Å². The first kappa shape index (κ1) is 19.2. The van der Waals surface area contributed by atoms with Crippen LogP contribution in [0.2, 0.25) is 0 Å². The molecule has 0 fully saturated rings. The second kappa shape index (κ2) is 8.90. The number of nitrogens with one attached hydrogen (secondary N) is 1. The molecule has 0 radical (unpaired) electrons. The van der Waals surface area contributed by atoms with Gasteiger partial charge in [0.25, 0.3) is 0 Å². The molecule has 144 valence electrons. The lowest BCUT2D eigenvalue weighted by molar-refractivity contribution is 0.0695. The maximum Gasteiger partial charge on any atom is 0.407 e. The van der Waals surface area contributed by atoms with Crippen LogP contribution >= 0.6 is 0 Å². The summed E-state index contributed by atoms with van der Waals surface area (Å²) in [6.07, 6.45) is -0.535. The number of carbonyl (C=O) groups is 2. The zero-order chi connectivity index (χ0) is 19.9. The quantitative estimate of drug-likeness (QED) is 0.603. The lowest BCUT2D eigenvalue weighted by Gasteiger charge is -2.14. The lowest BCUT2D eigenvalue weighted by Crippen LogP contribution is -2.28. The zero-order valence-electron chi connectivity index (χ0n) is 15.5. The molecule has 0 aliphatic heterocycles. The van der Waals surface area contributed by atoms with Crippen molar-refractivity contribution in [3.63, 3.8) is 0 Å². The fourth-order valence-electron chi connectivity index (χ4n) is 2.92. The Morgan fingerprint density at radius 3 is 2.39 bits per heavy atom. The number of carbonyl (C=O) groups excluding carboxylic acids is 1. The van der Waals surface area contributed by atoms with Crippen molar-refractivity contribution in [2.75, 3.05) is 13.2 Å². The smallest absolute Gasteiger partial charge is 0.407 e. The van der Waals surface area contributed by atoms with Crippen LogP contribution in [0.3, 0.4) is 0 Å². The molecule has 1 amide bonds. The molecular formula is C22H21NO5. The van der Waals surface area contributed by atoms with Gasteiger partial charge in [-0.3, -0.25) is 0 Å². The highest BCUT2D eigenvalue weighted by atomic mass is 16.5. The Labute approximate surface area is 162 Å². The van der Waals surface area contributed by atoms with E-state index in [9.17, 15) is 14.7 Å². The van der Waals surface area contributed by atoms with E-state index in [0.717, 1.165) is 16.3 Å². The Balaban J connectivity index is 1.57. The summed E-state index contributed by atoms with van der Waals surface area (Å²) in [4.78, 5) is 23.3. The number of hydrogen-bond donors (Lipinski definition) is 2. The maximum absolute atomic E-state index is 11.8. The van der Waals surface area contributed by atoms with Gasteiger partial charge in [-0.2, -0.15) is 0 Å². The first-order chi connectivity index (χ1) is 13.6. The highest BCUT2D eigenvalue weighted by Crippen LogP contribution is 2.31. The molecule has 0 heterocycles. The summed E-state index contributed by atoms with van der Waals surface area (Å²) in [5, 5.41) is 13.7. The number of carboxylic acid groups (broad SMARTS) is 1. The predicted molar refractivity (Wildman–Crippen MR) is 106 cm³/mol. The Morgan fingerprint density at radius 1 is 1.00 bits per heavy atom. The van der Waals surface area contributed by atoms with E-state index in [-0.39, 0.29) is 25.3 Å². The van der Waals surface area contributed by atoms with Crippen LogP contribution < -0.4 is 10.1 Å². The number of ether oxygens (including phenoxy) is 2. The average molecular weight is 379 g/mol. The molecule has 3 rings (SSSR count). The highest BCUT2D eigenvalue weighted by molar-refractivity contribution is 6.00. The second-order valence-electron chi connectivity index (χ2n) is 6.23. The van der Waals surface area contributed by atoms with E-state index < -0.39 is 12.1 Å². The maximum atomic E-state index is 11.8. The van der Waals surface area contributed by atoms with Crippen molar-refractivity contribution in [3.8, 4) is 5.75 Å². The first-order valence-corrected chi connectivity index (χ1v) is 8.89. The standard InChI is InChI=1S/C22H21NO5/c1-15-17-9-5-6-10-18(17)20(13-19(15)21(24)25)27-12-11-23-22(26)28-14-16-7-3-2-4-8-16/h2-10,13H,11-12,14H2,1H3,(H,23,26)(H,24,25). The monoisotopic (exact) mass is 379 g/mol. The predicted octanol–water partition coefficient (Wildman–Crippen LogP) is 4.15. The van der Waals surface area contributed by atoms with E-state index >= 15 is 0 Å². The Hall–Kier alpha value is -3.54. The van der Waals surface area contributed by atoms with Gasteiger partial charge in [-0.1, -0.05) is 54.6 Å². The van der Waals surface area contributed by atoms with Crippen LogP contribution in [0.25, 0.3) is 10.8 Å². The SMILES string of the molecule is Cc1c(C(=O)O)cc(OCCNC(=O)OCc2ccccc2)c2ccccc12.